The minimum atomic E-state index is -0.594. The summed E-state index contributed by atoms with van der Waals surface area (Å²) in [6, 6.07) is 9.77. The lowest BCUT2D eigenvalue weighted by molar-refractivity contribution is -0.128. The van der Waals surface area contributed by atoms with Gasteiger partial charge in [0.05, 0.1) is 5.71 Å². The number of urea groups is 1. The molecule has 1 aromatic rings. The van der Waals surface area contributed by atoms with Gasteiger partial charge in [0, 0.05) is 26.8 Å². The lowest BCUT2D eigenvalue weighted by Gasteiger charge is -2.37. The molecule has 2 aliphatic rings. The molecule has 1 aromatic carbocycles. The summed E-state index contributed by atoms with van der Waals surface area (Å²) >= 11 is 0. The fraction of sp³-hybridized carbons (Fsp3) is 0.368. The molecule has 0 spiro atoms. The molecule has 1 fully saturated rings. The van der Waals surface area contributed by atoms with Gasteiger partial charge >= 0.3 is 6.03 Å². The number of nitrogens with zero attached hydrogens (tertiary/aromatic N) is 4. The third-order valence-electron chi connectivity index (χ3n) is 4.61. The van der Waals surface area contributed by atoms with Crippen LogP contribution in [0.25, 0.3) is 0 Å². The fourth-order valence-electron chi connectivity index (χ4n) is 3.13. The minimum Gasteiger partial charge on any atom is -0.288 e. The van der Waals surface area contributed by atoms with Crippen molar-refractivity contribution in [1.29, 1.82) is 0 Å². The average molecular weight is 338 g/mol. The van der Waals surface area contributed by atoms with Crippen molar-refractivity contribution in [1.82, 2.24) is 9.80 Å². The summed E-state index contributed by atoms with van der Waals surface area (Å²) in [6.45, 7) is 2.61. The highest BCUT2D eigenvalue weighted by molar-refractivity contribution is 6.33. The van der Waals surface area contributed by atoms with Crippen molar-refractivity contribution in [3.05, 3.63) is 47.7 Å². The Kier molecular flexibility index (Phi) is 4.79. The number of benzene rings is 1. The third-order valence-corrected chi connectivity index (χ3v) is 4.61. The molecule has 25 heavy (non-hydrogen) atoms. The van der Waals surface area contributed by atoms with Crippen LogP contribution in [0.5, 0.6) is 0 Å². The maximum atomic E-state index is 12.7. The first-order valence-electron chi connectivity index (χ1n) is 8.45. The van der Waals surface area contributed by atoms with Gasteiger partial charge < -0.3 is 0 Å². The van der Waals surface area contributed by atoms with Crippen LogP contribution in [-0.2, 0) is 11.2 Å². The van der Waals surface area contributed by atoms with Crippen molar-refractivity contribution < 1.29 is 9.59 Å². The van der Waals surface area contributed by atoms with Crippen LogP contribution < -0.4 is 0 Å². The van der Waals surface area contributed by atoms with Crippen molar-refractivity contribution in [2.75, 3.05) is 20.6 Å². The lowest BCUT2D eigenvalue weighted by atomic mass is 9.89. The van der Waals surface area contributed by atoms with Gasteiger partial charge in [-0.25, -0.2) is 9.79 Å². The van der Waals surface area contributed by atoms with Crippen LogP contribution in [0.4, 0.5) is 4.79 Å². The summed E-state index contributed by atoms with van der Waals surface area (Å²) in [6.07, 6.45) is 3.28. The maximum Gasteiger partial charge on any atom is 0.331 e. The number of fused-ring (bicyclic) bond motifs is 1. The second-order valence-electron chi connectivity index (χ2n) is 6.17. The number of carbonyl (C=O) groups is 2. The Hall–Kier alpha value is -2.76. The van der Waals surface area contributed by atoms with Gasteiger partial charge in [-0.2, -0.15) is 0 Å². The van der Waals surface area contributed by atoms with E-state index < -0.39 is 5.92 Å². The van der Waals surface area contributed by atoms with Crippen LogP contribution in [0, 0.1) is 5.92 Å². The molecule has 0 saturated carbocycles. The first-order chi connectivity index (χ1) is 12.0. The van der Waals surface area contributed by atoms with Gasteiger partial charge in [0.25, 0.3) is 0 Å². The van der Waals surface area contributed by atoms with E-state index in [1.54, 1.807) is 13.2 Å². The lowest BCUT2D eigenvalue weighted by Crippen LogP contribution is -2.59. The average Bonchev–Trinajstić information content (AvgIpc) is 2.65. The van der Waals surface area contributed by atoms with Crippen LogP contribution in [0.2, 0.25) is 0 Å². The number of amidine groups is 1. The smallest absolute Gasteiger partial charge is 0.288 e. The molecule has 1 atom stereocenters. The predicted molar refractivity (Wildman–Crippen MR) is 97.7 cm³/mol. The Bertz CT molecular complexity index is 780. The molecule has 0 bridgehead atoms. The van der Waals surface area contributed by atoms with Gasteiger partial charge in [0.2, 0.25) is 5.91 Å². The summed E-state index contributed by atoms with van der Waals surface area (Å²) < 4.78 is 0. The van der Waals surface area contributed by atoms with Gasteiger partial charge in [0.1, 0.15) is 11.8 Å². The Morgan fingerprint density at radius 2 is 1.84 bits per heavy atom. The van der Waals surface area contributed by atoms with E-state index in [2.05, 4.69) is 17.1 Å². The molecule has 2 heterocycles. The monoisotopic (exact) mass is 338 g/mol. The number of hydrogen-bond donors (Lipinski definition) is 0. The van der Waals surface area contributed by atoms with Gasteiger partial charge in [-0.3, -0.25) is 19.6 Å². The molecule has 0 radical (unpaired) electrons. The van der Waals surface area contributed by atoms with E-state index >= 15 is 0 Å². The van der Waals surface area contributed by atoms with Crippen molar-refractivity contribution in [3.63, 3.8) is 0 Å². The first-order valence-corrected chi connectivity index (χ1v) is 8.45. The molecule has 6 nitrogen and oxygen atoms in total. The largest absolute Gasteiger partial charge is 0.331 e. The van der Waals surface area contributed by atoms with Crippen molar-refractivity contribution in [3.8, 4) is 0 Å². The van der Waals surface area contributed by atoms with E-state index in [-0.39, 0.29) is 11.9 Å². The van der Waals surface area contributed by atoms with E-state index in [9.17, 15) is 9.59 Å². The molecule has 0 aromatic heterocycles. The predicted octanol–water partition coefficient (Wildman–Crippen LogP) is 2.52. The minimum absolute atomic E-state index is 0.264. The van der Waals surface area contributed by atoms with Gasteiger partial charge in [-0.1, -0.05) is 37.3 Å². The third kappa shape index (κ3) is 3.12. The van der Waals surface area contributed by atoms with E-state index in [1.165, 1.54) is 17.5 Å². The zero-order chi connectivity index (χ0) is 18.0. The molecule has 130 valence electrons. The highest BCUT2D eigenvalue weighted by Gasteiger charge is 2.45. The Balaban J connectivity index is 1.89. The van der Waals surface area contributed by atoms with E-state index in [1.807, 2.05) is 25.1 Å². The number of carbonyl (C=O) groups excluding carboxylic acids is 2. The molecular weight excluding hydrogens is 316 g/mol. The Morgan fingerprint density at radius 1 is 1.12 bits per heavy atom. The highest BCUT2D eigenvalue weighted by atomic mass is 16.2. The zero-order valence-electron chi connectivity index (χ0n) is 14.8. The summed E-state index contributed by atoms with van der Waals surface area (Å²) in [5, 5.41) is 0. The molecule has 2 aliphatic heterocycles. The van der Waals surface area contributed by atoms with E-state index in [4.69, 9.17) is 4.99 Å². The second kappa shape index (κ2) is 7.01. The van der Waals surface area contributed by atoms with Crippen LogP contribution in [0.3, 0.4) is 0 Å². The number of rotatable bonds is 4. The second-order valence-corrected chi connectivity index (χ2v) is 6.17. The molecule has 3 amide bonds. The summed E-state index contributed by atoms with van der Waals surface area (Å²) in [5.74, 6) is -0.397. The molecular formula is C19H22N4O2. The SMILES string of the molecule is CCC1=CN=C2C(C(=O)N(C)C(=O)N2C)C1=NCCc1ccccc1. The Labute approximate surface area is 147 Å². The maximum absolute atomic E-state index is 12.7. The highest BCUT2D eigenvalue weighted by Crippen LogP contribution is 2.26. The van der Waals surface area contributed by atoms with Crippen LogP contribution >= 0.6 is 0 Å². The number of hydrogen-bond acceptors (Lipinski definition) is 4. The molecule has 1 saturated heterocycles. The quantitative estimate of drug-likeness (QED) is 0.847. The van der Waals surface area contributed by atoms with Gasteiger partial charge in [-0.05, 0) is 24.0 Å². The number of amides is 3. The fourth-order valence-corrected chi connectivity index (χ4v) is 3.13. The van der Waals surface area contributed by atoms with Crippen LogP contribution in [0.15, 0.2) is 52.1 Å². The molecule has 0 aliphatic carbocycles. The van der Waals surface area contributed by atoms with Crippen LogP contribution in [0.1, 0.15) is 18.9 Å². The normalized spacial score (nSPS) is 22.0. The summed E-state index contributed by atoms with van der Waals surface area (Å²) in [5.41, 5.74) is 2.89. The molecule has 3 rings (SSSR count). The van der Waals surface area contributed by atoms with Crippen LogP contribution in [-0.4, -0.2) is 53.9 Å². The van der Waals surface area contributed by atoms with E-state index in [0.717, 1.165) is 29.0 Å². The summed E-state index contributed by atoms with van der Waals surface area (Å²) in [7, 11) is 3.15. The molecule has 0 N–H and O–H groups in total. The molecule has 6 heteroatoms. The first kappa shape index (κ1) is 17.1. The van der Waals surface area contributed by atoms with E-state index in [0.29, 0.717) is 12.4 Å². The van der Waals surface area contributed by atoms with Crippen molar-refractivity contribution in [2.24, 2.45) is 15.9 Å². The zero-order valence-corrected chi connectivity index (χ0v) is 14.8. The molecule has 1 unspecified atom stereocenters. The summed E-state index contributed by atoms with van der Waals surface area (Å²) in [4.78, 5) is 36.5. The number of aliphatic imine (C=N–C) groups is 2. The van der Waals surface area contributed by atoms with Gasteiger partial charge in [-0.15, -0.1) is 0 Å². The topological polar surface area (TPSA) is 65.3 Å². The number of imide groups is 1. The Morgan fingerprint density at radius 3 is 2.52 bits per heavy atom. The standard InChI is InChI=1S/C19H22N4O2/c1-4-14-12-21-17-15(18(24)23(3)19(25)22(17)2)16(14)20-11-10-13-8-6-5-7-9-13/h5-9,12,15H,4,10-11H2,1-3H3. The van der Waals surface area contributed by atoms with Gasteiger partial charge in [0.15, 0.2) is 0 Å². The van der Waals surface area contributed by atoms with Crippen molar-refractivity contribution in [2.45, 2.75) is 19.8 Å². The number of allylic oxidation sites excluding steroid dienone is 1. The van der Waals surface area contributed by atoms with Crippen molar-refractivity contribution >= 4 is 23.5 Å².